The molecule has 1 aliphatic carbocycles. The molecule has 0 atom stereocenters. The van der Waals surface area contributed by atoms with Crippen LogP contribution in [0.25, 0.3) is 10.9 Å². The highest BCUT2D eigenvalue weighted by atomic mass is 16.5. The summed E-state index contributed by atoms with van der Waals surface area (Å²) < 4.78 is 5.01. The van der Waals surface area contributed by atoms with Crippen LogP contribution in [0.1, 0.15) is 30.5 Å². The number of ether oxygens (including phenoxy) is 1. The number of para-hydroxylation sites is 1. The molecule has 1 aromatic carbocycles. The van der Waals surface area contributed by atoms with E-state index in [1.54, 1.807) is 0 Å². The van der Waals surface area contributed by atoms with E-state index in [2.05, 4.69) is 24.0 Å². The number of H-pyrrole nitrogens is 1. The van der Waals surface area contributed by atoms with Crippen LogP contribution in [0.4, 0.5) is 0 Å². The molecule has 3 nitrogen and oxygen atoms in total. The van der Waals surface area contributed by atoms with Crippen molar-refractivity contribution in [1.29, 1.82) is 0 Å². The lowest BCUT2D eigenvalue weighted by atomic mass is 9.65. The predicted molar refractivity (Wildman–Crippen MR) is 75.0 cm³/mol. The van der Waals surface area contributed by atoms with E-state index in [-0.39, 0.29) is 11.4 Å². The largest absolute Gasteiger partial charge is 0.469 e. The Morgan fingerprint density at radius 1 is 1.37 bits per heavy atom. The van der Waals surface area contributed by atoms with Crippen LogP contribution in [0.5, 0.6) is 0 Å². The summed E-state index contributed by atoms with van der Waals surface area (Å²) in [5, 5.41) is 1.23. The minimum absolute atomic E-state index is 0.0524. The van der Waals surface area contributed by atoms with Gasteiger partial charge in [-0.3, -0.25) is 4.79 Å². The highest BCUT2D eigenvalue weighted by Crippen LogP contribution is 2.46. The summed E-state index contributed by atoms with van der Waals surface area (Å²) in [6, 6.07) is 8.28. The van der Waals surface area contributed by atoms with Gasteiger partial charge in [0, 0.05) is 16.6 Å². The van der Waals surface area contributed by atoms with Crippen LogP contribution in [-0.4, -0.2) is 18.1 Å². The molecule has 19 heavy (non-hydrogen) atoms. The van der Waals surface area contributed by atoms with Crippen LogP contribution in [-0.2, 0) is 16.0 Å². The van der Waals surface area contributed by atoms with E-state index in [1.807, 2.05) is 12.1 Å². The zero-order chi connectivity index (χ0) is 13.5. The molecule has 1 heterocycles. The average Bonchev–Trinajstić information content (AvgIpc) is 2.69. The molecule has 1 fully saturated rings. The third kappa shape index (κ3) is 1.84. The smallest absolute Gasteiger partial charge is 0.312 e. The van der Waals surface area contributed by atoms with Gasteiger partial charge in [-0.15, -0.1) is 0 Å². The van der Waals surface area contributed by atoms with Crippen molar-refractivity contribution in [1.82, 2.24) is 4.98 Å². The van der Waals surface area contributed by atoms with E-state index in [0.29, 0.717) is 0 Å². The van der Waals surface area contributed by atoms with Crippen molar-refractivity contribution in [2.45, 2.75) is 32.6 Å². The zero-order valence-corrected chi connectivity index (χ0v) is 11.5. The van der Waals surface area contributed by atoms with Gasteiger partial charge in [0.15, 0.2) is 0 Å². The SMILES string of the molecule is COC(=O)C1(Cc2c(C)[nH]c3ccccc23)CCC1. The van der Waals surface area contributed by atoms with E-state index in [9.17, 15) is 4.79 Å². The molecule has 0 unspecified atom stereocenters. The fourth-order valence-electron chi connectivity index (χ4n) is 3.17. The maximum absolute atomic E-state index is 12.1. The van der Waals surface area contributed by atoms with Gasteiger partial charge >= 0.3 is 5.97 Å². The molecule has 1 saturated carbocycles. The number of hydrogen-bond acceptors (Lipinski definition) is 2. The summed E-state index contributed by atoms with van der Waals surface area (Å²) in [7, 11) is 1.49. The van der Waals surface area contributed by atoms with Crippen molar-refractivity contribution in [3.8, 4) is 0 Å². The topological polar surface area (TPSA) is 42.1 Å². The van der Waals surface area contributed by atoms with Crippen LogP contribution < -0.4 is 0 Å². The standard InChI is InChI=1S/C16H19NO2/c1-11-13(12-6-3-4-7-14(12)17-11)10-16(8-5-9-16)15(18)19-2/h3-4,6-7,17H,5,8-10H2,1-2H3. The molecule has 0 aliphatic heterocycles. The third-order valence-electron chi connectivity index (χ3n) is 4.47. The number of carbonyl (C=O) groups excluding carboxylic acids is 1. The molecule has 0 amide bonds. The van der Waals surface area contributed by atoms with Crippen molar-refractivity contribution >= 4 is 16.9 Å². The first-order chi connectivity index (χ1) is 9.16. The van der Waals surface area contributed by atoms with Crippen molar-refractivity contribution in [2.24, 2.45) is 5.41 Å². The van der Waals surface area contributed by atoms with Gasteiger partial charge in [0.25, 0.3) is 0 Å². The lowest BCUT2D eigenvalue weighted by Gasteiger charge is -2.39. The summed E-state index contributed by atoms with van der Waals surface area (Å²) in [5.41, 5.74) is 3.29. The predicted octanol–water partition coefficient (Wildman–Crippen LogP) is 3.36. The second kappa shape index (κ2) is 4.41. The first-order valence-corrected chi connectivity index (χ1v) is 6.81. The quantitative estimate of drug-likeness (QED) is 0.857. The van der Waals surface area contributed by atoms with Crippen molar-refractivity contribution in [3.63, 3.8) is 0 Å². The number of aromatic amines is 1. The molecule has 0 bridgehead atoms. The van der Waals surface area contributed by atoms with Gasteiger partial charge in [-0.1, -0.05) is 24.6 Å². The van der Waals surface area contributed by atoms with E-state index >= 15 is 0 Å². The van der Waals surface area contributed by atoms with Gasteiger partial charge in [-0.2, -0.15) is 0 Å². The number of benzene rings is 1. The van der Waals surface area contributed by atoms with Crippen LogP contribution >= 0.6 is 0 Å². The first-order valence-electron chi connectivity index (χ1n) is 6.81. The molecule has 100 valence electrons. The number of rotatable bonds is 3. The fourth-order valence-corrected chi connectivity index (χ4v) is 3.17. The summed E-state index contributed by atoms with van der Waals surface area (Å²) >= 11 is 0. The number of nitrogens with one attached hydrogen (secondary N) is 1. The normalized spacial score (nSPS) is 17.2. The van der Waals surface area contributed by atoms with Gasteiger partial charge in [-0.05, 0) is 37.8 Å². The van der Waals surface area contributed by atoms with Crippen LogP contribution in [0.15, 0.2) is 24.3 Å². The minimum Gasteiger partial charge on any atom is -0.469 e. The number of carbonyl (C=O) groups is 1. The maximum Gasteiger partial charge on any atom is 0.312 e. The molecule has 3 rings (SSSR count). The molecule has 2 aromatic rings. The van der Waals surface area contributed by atoms with E-state index in [4.69, 9.17) is 4.74 Å². The Kier molecular flexibility index (Phi) is 2.85. The summed E-state index contributed by atoms with van der Waals surface area (Å²) in [6.07, 6.45) is 3.79. The molecule has 0 saturated heterocycles. The Morgan fingerprint density at radius 2 is 2.11 bits per heavy atom. The van der Waals surface area contributed by atoms with Gasteiger partial charge in [-0.25, -0.2) is 0 Å². The molecule has 1 aromatic heterocycles. The summed E-state index contributed by atoms with van der Waals surface area (Å²) in [4.78, 5) is 15.5. The molecular weight excluding hydrogens is 238 g/mol. The lowest BCUT2D eigenvalue weighted by Crippen LogP contribution is -2.41. The second-order valence-corrected chi connectivity index (χ2v) is 5.58. The zero-order valence-electron chi connectivity index (χ0n) is 11.5. The average molecular weight is 257 g/mol. The Morgan fingerprint density at radius 3 is 2.74 bits per heavy atom. The number of aromatic nitrogens is 1. The monoisotopic (exact) mass is 257 g/mol. The minimum atomic E-state index is -0.287. The first kappa shape index (κ1) is 12.3. The molecule has 0 radical (unpaired) electrons. The number of fused-ring (bicyclic) bond motifs is 1. The maximum atomic E-state index is 12.1. The van der Waals surface area contributed by atoms with Gasteiger partial charge in [0.2, 0.25) is 0 Å². The Labute approximate surface area is 113 Å². The van der Waals surface area contributed by atoms with Crippen LogP contribution in [0, 0.1) is 12.3 Å². The number of aryl methyl sites for hydroxylation is 1. The molecular formula is C16H19NO2. The fraction of sp³-hybridized carbons (Fsp3) is 0.438. The van der Waals surface area contributed by atoms with Crippen LogP contribution in [0.2, 0.25) is 0 Å². The van der Waals surface area contributed by atoms with Crippen molar-refractivity contribution < 1.29 is 9.53 Å². The number of esters is 1. The molecule has 3 heteroatoms. The molecule has 0 spiro atoms. The van der Waals surface area contributed by atoms with E-state index in [0.717, 1.165) is 36.9 Å². The second-order valence-electron chi connectivity index (χ2n) is 5.58. The Bertz CT molecular complexity index is 623. The van der Waals surface area contributed by atoms with E-state index in [1.165, 1.54) is 18.1 Å². The van der Waals surface area contributed by atoms with Crippen molar-refractivity contribution in [3.05, 3.63) is 35.5 Å². The summed E-state index contributed by atoms with van der Waals surface area (Å²) in [6.45, 7) is 2.08. The van der Waals surface area contributed by atoms with Gasteiger partial charge in [0.05, 0.1) is 12.5 Å². The molecule has 1 N–H and O–H groups in total. The highest BCUT2D eigenvalue weighted by molar-refractivity contribution is 5.86. The highest BCUT2D eigenvalue weighted by Gasteiger charge is 2.45. The Hall–Kier alpha value is -1.77. The third-order valence-corrected chi connectivity index (χ3v) is 4.47. The summed E-state index contributed by atoms with van der Waals surface area (Å²) in [5.74, 6) is -0.0524. The van der Waals surface area contributed by atoms with Crippen molar-refractivity contribution in [2.75, 3.05) is 7.11 Å². The van der Waals surface area contributed by atoms with E-state index < -0.39 is 0 Å². The lowest BCUT2D eigenvalue weighted by molar-refractivity contribution is -0.158. The Balaban J connectivity index is 2.01. The number of methoxy groups -OCH3 is 1. The molecule has 1 aliphatic rings. The van der Waals surface area contributed by atoms with Crippen LogP contribution in [0.3, 0.4) is 0 Å². The van der Waals surface area contributed by atoms with Gasteiger partial charge < -0.3 is 9.72 Å². The van der Waals surface area contributed by atoms with Gasteiger partial charge in [0.1, 0.15) is 0 Å². The number of hydrogen-bond donors (Lipinski definition) is 1.